The Morgan fingerprint density at radius 2 is 1.78 bits per heavy atom. The second kappa shape index (κ2) is 9.63. The molecule has 0 bridgehead atoms. The lowest BCUT2D eigenvalue weighted by Crippen LogP contribution is -2.48. The van der Waals surface area contributed by atoms with Crippen LogP contribution in [0.5, 0.6) is 0 Å². The zero-order chi connectivity index (χ0) is 17.3. The van der Waals surface area contributed by atoms with Crippen LogP contribution in [0.4, 0.5) is 4.79 Å². The quantitative estimate of drug-likeness (QED) is 0.557. The zero-order valence-corrected chi connectivity index (χ0v) is 15.2. The van der Waals surface area contributed by atoms with Crippen molar-refractivity contribution in [2.45, 2.75) is 65.8 Å². The van der Waals surface area contributed by atoms with Gasteiger partial charge in [-0.25, -0.2) is 4.79 Å². The molecule has 1 rings (SSSR count). The van der Waals surface area contributed by atoms with Crippen LogP contribution < -0.4 is 11.1 Å². The number of piperidine rings is 1. The summed E-state index contributed by atoms with van der Waals surface area (Å²) in [6, 6.07) is 0.281. The molecule has 0 aromatic rings. The normalized spacial score (nSPS) is 17.2. The third-order valence-corrected chi connectivity index (χ3v) is 5.21. The third-order valence-electron chi connectivity index (χ3n) is 5.21. The minimum Gasteiger partial charge on any atom is -0.450 e. The molecule has 3 N–H and O–H groups in total. The Morgan fingerprint density at radius 3 is 2.26 bits per heavy atom. The summed E-state index contributed by atoms with van der Waals surface area (Å²) < 4.78 is 5.03. The minimum absolute atomic E-state index is 0.216. The standard InChI is InChI=1S/C17H34N4O2/c1-5-17(6-2,7-3)13-19-15(18)20-14-9-11-21(12-10-14)16(22)23-8-4/h14H,5-13H2,1-4H3,(H3,18,19,20). The monoisotopic (exact) mass is 326 g/mol. The number of nitrogens with two attached hydrogens (primary N) is 1. The largest absolute Gasteiger partial charge is 0.450 e. The van der Waals surface area contributed by atoms with E-state index in [4.69, 9.17) is 10.5 Å². The average Bonchev–Trinajstić information content (AvgIpc) is 2.57. The van der Waals surface area contributed by atoms with Crippen LogP contribution in [0.3, 0.4) is 0 Å². The summed E-state index contributed by atoms with van der Waals surface area (Å²) in [4.78, 5) is 18.0. The first-order chi connectivity index (χ1) is 11.0. The van der Waals surface area contributed by atoms with E-state index in [1.165, 1.54) is 0 Å². The smallest absolute Gasteiger partial charge is 0.409 e. The molecular weight excluding hydrogens is 292 g/mol. The van der Waals surface area contributed by atoms with Gasteiger partial charge in [0.2, 0.25) is 0 Å². The van der Waals surface area contributed by atoms with Crippen LogP contribution in [-0.2, 0) is 4.74 Å². The number of hydrogen-bond donors (Lipinski definition) is 2. The van der Waals surface area contributed by atoms with Crippen molar-refractivity contribution in [3.05, 3.63) is 0 Å². The maximum absolute atomic E-state index is 11.7. The Labute approximate surface area is 140 Å². The number of hydrogen-bond acceptors (Lipinski definition) is 3. The molecule has 1 fully saturated rings. The Hall–Kier alpha value is -1.46. The Balaban J connectivity index is 2.43. The highest BCUT2D eigenvalue weighted by Gasteiger charge is 2.25. The predicted octanol–water partition coefficient (Wildman–Crippen LogP) is 2.73. The molecule has 0 unspecified atom stereocenters. The fraction of sp³-hybridized carbons (Fsp3) is 0.882. The third kappa shape index (κ3) is 5.92. The molecule has 0 spiro atoms. The molecule has 0 aromatic heterocycles. The van der Waals surface area contributed by atoms with Crippen LogP contribution in [0, 0.1) is 5.41 Å². The first-order valence-electron chi connectivity index (χ1n) is 8.98. The summed E-state index contributed by atoms with van der Waals surface area (Å²) >= 11 is 0. The summed E-state index contributed by atoms with van der Waals surface area (Å²) in [6.45, 7) is 11.1. The highest BCUT2D eigenvalue weighted by atomic mass is 16.6. The fourth-order valence-corrected chi connectivity index (χ4v) is 3.01. The molecule has 1 amide bonds. The van der Waals surface area contributed by atoms with Gasteiger partial charge in [0.1, 0.15) is 0 Å². The molecule has 1 aliphatic rings. The number of carbonyl (C=O) groups is 1. The molecular formula is C17H34N4O2. The van der Waals surface area contributed by atoms with Crippen molar-refractivity contribution in [1.82, 2.24) is 10.2 Å². The topological polar surface area (TPSA) is 80.0 Å². The lowest BCUT2D eigenvalue weighted by atomic mass is 9.80. The van der Waals surface area contributed by atoms with Crippen molar-refractivity contribution in [3.63, 3.8) is 0 Å². The van der Waals surface area contributed by atoms with Gasteiger partial charge in [0, 0.05) is 25.7 Å². The molecule has 23 heavy (non-hydrogen) atoms. The SMILES string of the molecule is CCOC(=O)N1CCC(NC(N)=NCC(CC)(CC)CC)CC1. The van der Waals surface area contributed by atoms with E-state index >= 15 is 0 Å². The van der Waals surface area contributed by atoms with Gasteiger partial charge < -0.3 is 20.7 Å². The van der Waals surface area contributed by atoms with E-state index < -0.39 is 0 Å². The van der Waals surface area contributed by atoms with E-state index in [1.54, 1.807) is 4.90 Å². The predicted molar refractivity (Wildman–Crippen MR) is 94.5 cm³/mol. The second-order valence-electron chi connectivity index (χ2n) is 6.37. The zero-order valence-electron chi connectivity index (χ0n) is 15.2. The number of ether oxygens (including phenoxy) is 1. The summed E-state index contributed by atoms with van der Waals surface area (Å²) in [5.74, 6) is 0.527. The fourth-order valence-electron chi connectivity index (χ4n) is 3.01. The lowest BCUT2D eigenvalue weighted by molar-refractivity contribution is 0.0963. The van der Waals surface area contributed by atoms with Gasteiger partial charge in [-0.1, -0.05) is 20.8 Å². The Morgan fingerprint density at radius 1 is 1.22 bits per heavy atom. The van der Waals surface area contributed by atoms with Crippen LogP contribution >= 0.6 is 0 Å². The first-order valence-corrected chi connectivity index (χ1v) is 8.98. The van der Waals surface area contributed by atoms with Crippen LogP contribution in [0.25, 0.3) is 0 Å². The summed E-state index contributed by atoms with van der Waals surface area (Å²) in [5, 5.41) is 3.30. The van der Waals surface area contributed by atoms with E-state index in [1.807, 2.05) is 6.92 Å². The van der Waals surface area contributed by atoms with Gasteiger partial charge in [-0.15, -0.1) is 0 Å². The highest BCUT2D eigenvalue weighted by molar-refractivity contribution is 5.78. The van der Waals surface area contributed by atoms with Crippen LogP contribution in [0.1, 0.15) is 59.8 Å². The van der Waals surface area contributed by atoms with Gasteiger partial charge in [0.25, 0.3) is 0 Å². The van der Waals surface area contributed by atoms with Crippen molar-refractivity contribution in [2.75, 3.05) is 26.2 Å². The van der Waals surface area contributed by atoms with E-state index in [2.05, 4.69) is 31.1 Å². The molecule has 0 aliphatic carbocycles. The number of rotatable bonds is 7. The van der Waals surface area contributed by atoms with Crippen molar-refractivity contribution < 1.29 is 9.53 Å². The van der Waals surface area contributed by atoms with Crippen molar-refractivity contribution >= 4 is 12.1 Å². The van der Waals surface area contributed by atoms with Crippen LogP contribution in [-0.4, -0.2) is 49.2 Å². The van der Waals surface area contributed by atoms with Crippen LogP contribution in [0.15, 0.2) is 4.99 Å². The number of nitrogens with zero attached hydrogens (tertiary/aromatic N) is 2. The number of nitrogens with one attached hydrogen (secondary N) is 1. The van der Waals surface area contributed by atoms with Gasteiger partial charge >= 0.3 is 6.09 Å². The molecule has 134 valence electrons. The summed E-state index contributed by atoms with van der Waals surface area (Å²) in [5.41, 5.74) is 6.32. The number of amides is 1. The molecule has 1 aliphatic heterocycles. The maximum Gasteiger partial charge on any atom is 0.409 e. The molecule has 0 atom stereocenters. The average molecular weight is 326 g/mol. The number of likely N-dealkylation sites (tertiary alicyclic amines) is 1. The van der Waals surface area contributed by atoms with Crippen molar-refractivity contribution in [1.29, 1.82) is 0 Å². The van der Waals surface area contributed by atoms with E-state index in [-0.39, 0.29) is 17.6 Å². The summed E-state index contributed by atoms with van der Waals surface area (Å²) in [6.07, 6.45) is 4.88. The first kappa shape index (κ1) is 19.6. The number of guanidine groups is 1. The molecule has 0 aromatic carbocycles. The lowest BCUT2D eigenvalue weighted by Gasteiger charge is -2.32. The van der Waals surface area contributed by atoms with E-state index in [0.29, 0.717) is 25.7 Å². The van der Waals surface area contributed by atoms with E-state index in [9.17, 15) is 4.79 Å². The number of aliphatic imine (C=N–C) groups is 1. The molecule has 6 heteroatoms. The second-order valence-corrected chi connectivity index (χ2v) is 6.37. The van der Waals surface area contributed by atoms with E-state index in [0.717, 1.165) is 38.6 Å². The van der Waals surface area contributed by atoms with Crippen LogP contribution in [0.2, 0.25) is 0 Å². The Kier molecular flexibility index (Phi) is 8.20. The van der Waals surface area contributed by atoms with Gasteiger partial charge in [-0.2, -0.15) is 0 Å². The Bertz CT molecular complexity index is 378. The molecule has 6 nitrogen and oxygen atoms in total. The van der Waals surface area contributed by atoms with Gasteiger partial charge in [0.15, 0.2) is 5.96 Å². The highest BCUT2D eigenvalue weighted by Crippen LogP contribution is 2.30. The van der Waals surface area contributed by atoms with Crippen molar-refractivity contribution in [2.24, 2.45) is 16.1 Å². The molecule has 1 saturated heterocycles. The molecule has 0 saturated carbocycles. The maximum atomic E-state index is 11.7. The van der Waals surface area contributed by atoms with Crippen molar-refractivity contribution in [3.8, 4) is 0 Å². The minimum atomic E-state index is -0.216. The summed E-state index contributed by atoms with van der Waals surface area (Å²) in [7, 11) is 0. The number of carbonyl (C=O) groups excluding carboxylic acids is 1. The van der Waals surface area contributed by atoms with Gasteiger partial charge in [-0.3, -0.25) is 4.99 Å². The van der Waals surface area contributed by atoms with Gasteiger partial charge in [0.05, 0.1) is 6.61 Å². The molecule has 1 heterocycles. The molecule has 0 radical (unpaired) electrons. The van der Waals surface area contributed by atoms with Gasteiger partial charge in [-0.05, 0) is 44.4 Å².